The standard InChI is InChI=1S/C52H80N2O7S/c1-33(2)36-18-23-52(53-31-40(34(3)55)54-26-28-62(58,59)29-27-54)25-24-50(9)37(44(36)52)16-17-42-49(8)21-20-43(48(6,7)41(49)19-22-51(42,50)10)61-46(57)39-30-38(47(39,4)5)45(56)60-32-35-14-12-11-13-15-35/h11-15,34,36-44,53,55H,1,16-32H2,2-10H3/t34-,36+,37-,38+,39-,40?,41+,42-,43+,44-,49+,50-,51-,52+/m1/s1. The molecule has 1 heterocycles. The lowest BCUT2D eigenvalue weighted by Crippen LogP contribution is -2.69. The maximum atomic E-state index is 14.1. The van der Waals surface area contributed by atoms with Crippen LogP contribution < -0.4 is 5.32 Å². The molecule has 346 valence electrons. The van der Waals surface area contributed by atoms with Crippen molar-refractivity contribution in [2.24, 2.45) is 68.5 Å². The predicted molar refractivity (Wildman–Crippen MR) is 244 cm³/mol. The number of rotatable bonds is 11. The SMILES string of the molecule is C=C(C)[C@@H]1CC[C@]2(NCC([C@@H](C)O)N3CCS(=O)(=O)CC3)CC[C@]3(C)[C@H](CC[C@@H]4[C@@]5(C)CC[C@H](OC(=O)[C@H]6C[C@@H](C(=O)OCc7ccccc7)C6(C)C)C(C)(C)[C@@H]5CC[C@]43C)[C@@H]12. The molecule has 62 heavy (non-hydrogen) atoms. The van der Waals surface area contributed by atoms with Gasteiger partial charge in [0.15, 0.2) is 9.84 Å². The van der Waals surface area contributed by atoms with Gasteiger partial charge in [0.1, 0.15) is 12.7 Å². The zero-order valence-corrected chi connectivity index (χ0v) is 40.5. The first-order chi connectivity index (χ1) is 29.0. The third kappa shape index (κ3) is 7.47. The van der Waals surface area contributed by atoms with Crippen LogP contribution in [0.2, 0.25) is 0 Å². The summed E-state index contributed by atoms with van der Waals surface area (Å²) in [5.74, 6) is 1.84. The number of benzene rings is 1. The summed E-state index contributed by atoms with van der Waals surface area (Å²) in [5, 5.41) is 15.2. The molecule has 1 aromatic carbocycles. The van der Waals surface area contributed by atoms with Crippen LogP contribution in [0.1, 0.15) is 139 Å². The Kier molecular flexibility index (Phi) is 12.1. The van der Waals surface area contributed by atoms with E-state index < -0.39 is 21.4 Å². The van der Waals surface area contributed by atoms with E-state index in [0.29, 0.717) is 55.6 Å². The van der Waals surface area contributed by atoms with Gasteiger partial charge < -0.3 is 19.9 Å². The number of sulfone groups is 1. The van der Waals surface area contributed by atoms with Crippen molar-refractivity contribution in [2.45, 2.75) is 163 Å². The molecule has 0 spiro atoms. The minimum atomic E-state index is -3.01. The third-order valence-corrected chi connectivity index (χ3v) is 22.0. The van der Waals surface area contributed by atoms with Crippen molar-refractivity contribution in [1.29, 1.82) is 0 Å². The second kappa shape index (κ2) is 16.3. The molecule has 1 aliphatic heterocycles. The number of aliphatic hydroxyl groups is 1. The Balaban J connectivity index is 0.955. The molecule has 7 fully saturated rings. The fourth-order valence-electron chi connectivity index (χ4n) is 16.4. The number of fused-ring (bicyclic) bond motifs is 7. The van der Waals surface area contributed by atoms with Crippen molar-refractivity contribution < 1.29 is 32.6 Å². The van der Waals surface area contributed by atoms with Crippen LogP contribution in [-0.2, 0) is 35.5 Å². The Morgan fingerprint density at radius 2 is 1.52 bits per heavy atom. The van der Waals surface area contributed by atoms with E-state index in [1.807, 2.05) is 51.1 Å². The van der Waals surface area contributed by atoms with Crippen LogP contribution in [0.25, 0.3) is 0 Å². The van der Waals surface area contributed by atoms with Gasteiger partial charge in [-0.1, -0.05) is 91.0 Å². The molecule has 14 atom stereocenters. The zero-order chi connectivity index (χ0) is 44.8. The summed E-state index contributed by atoms with van der Waals surface area (Å²) in [6.07, 6.45) is 11.0. The molecule has 0 radical (unpaired) electrons. The Hall–Kier alpha value is -2.27. The molecule has 0 aromatic heterocycles. The summed E-state index contributed by atoms with van der Waals surface area (Å²) in [7, 11) is -3.01. The van der Waals surface area contributed by atoms with Gasteiger partial charge in [0.05, 0.1) is 29.4 Å². The van der Waals surface area contributed by atoms with Gasteiger partial charge >= 0.3 is 11.9 Å². The van der Waals surface area contributed by atoms with E-state index in [2.05, 4.69) is 58.3 Å². The molecular weight excluding hydrogens is 797 g/mol. The van der Waals surface area contributed by atoms with E-state index in [4.69, 9.17) is 9.47 Å². The van der Waals surface area contributed by atoms with E-state index in [1.54, 1.807) is 0 Å². The van der Waals surface area contributed by atoms with E-state index in [0.717, 1.165) is 44.1 Å². The van der Waals surface area contributed by atoms with Gasteiger partial charge in [-0.2, -0.15) is 0 Å². The van der Waals surface area contributed by atoms with Gasteiger partial charge in [-0.25, -0.2) is 8.42 Å². The fraction of sp³-hybridized carbons (Fsp3) is 0.808. The van der Waals surface area contributed by atoms with Crippen LogP contribution in [0, 0.1) is 68.5 Å². The average Bonchev–Trinajstić information content (AvgIpc) is 3.59. The van der Waals surface area contributed by atoms with Gasteiger partial charge in [0.25, 0.3) is 0 Å². The number of esters is 2. The van der Waals surface area contributed by atoms with Crippen LogP contribution >= 0.6 is 0 Å². The van der Waals surface area contributed by atoms with Crippen LogP contribution in [0.5, 0.6) is 0 Å². The number of nitrogens with one attached hydrogen (secondary N) is 1. The summed E-state index contributed by atoms with van der Waals surface area (Å²) in [6.45, 7) is 27.3. The number of hydrogen-bond donors (Lipinski definition) is 2. The van der Waals surface area contributed by atoms with Gasteiger partial charge in [-0.15, -0.1) is 0 Å². The van der Waals surface area contributed by atoms with Crippen LogP contribution in [0.4, 0.5) is 0 Å². The summed E-state index contributed by atoms with van der Waals surface area (Å²) in [4.78, 5) is 29.4. The quantitative estimate of drug-likeness (QED) is 0.166. The molecule has 1 saturated heterocycles. The molecule has 0 amide bonds. The number of carbonyl (C=O) groups excluding carboxylic acids is 2. The second-order valence-corrected chi connectivity index (χ2v) is 26.1. The van der Waals surface area contributed by atoms with Crippen LogP contribution in [0.15, 0.2) is 42.5 Å². The highest BCUT2D eigenvalue weighted by Crippen LogP contribution is 2.76. The molecule has 6 saturated carbocycles. The Labute approximate surface area is 374 Å². The van der Waals surface area contributed by atoms with Crippen molar-refractivity contribution in [3.63, 3.8) is 0 Å². The molecule has 10 heteroatoms. The van der Waals surface area contributed by atoms with Gasteiger partial charge in [0.2, 0.25) is 0 Å². The third-order valence-electron chi connectivity index (χ3n) is 20.4. The Morgan fingerprint density at radius 3 is 2.16 bits per heavy atom. The molecule has 2 N–H and O–H groups in total. The largest absolute Gasteiger partial charge is 0.462 e. The predicted octanol–water partition coefficient (Wildman–Crippen LogP) is 8.78. The summed E-state index contributed by atoms with van der Waals surface area (Å²) in [5.41, 5.74) is 2.03. The minimum absolute atomic E-state index is 0.0193. The first kappa shape index (κ1) is 46.3. The van der Waals surface area contributed by atoms with E-state index >= 15 is 0 Å². The summed E-state index contributed by atoms with van der Waals surface area (Å²) in [6, 6.07) is 9.62. The van der Waals surface area contributed by atoms with Gasteiger partial charge in [-0.3, -0.25) is 14.5 Å². The highest BCUT2D eigenvalue weighted by Gasteiger charge is 2.71. The number of nitrogens with zero attached hydrogens (tertiary/aromatic N) is 1. The van der Waals surface area contributed by atoms with E-state index in [9.17, 15) is 23.1 Å². The second-order valence-electron chi connectivity index (χ2n) is 23.8. The molecule has 7 aliphatic rings. The number of carbonyl (C=O) groups is 2. The van der Waals surface area contributed by atoms with Crippen molar-refractivity contribution >= 4 is 21.8 Å². The van der Waals surface area contributed by atoms with Crippen molar-refractivity contribution in [3.8, 4) is 0 Å². The van der Waals surface area contributed by atoms with E-state index in [-0.39, 0.29) is 81.2 Å². The maximum absolute atomic E-state index is 14.1. The van der Waals surface area contributed by atoms with Crippen molar-refractivity contribution in [3.05, 3.63) is 48.0 Å². The smallest absolute Gasteiger partial charge is 0.309 e. The molecule has 0 bridgehead atoms. The lowest BCUT2D eigenvalue weighted by Gasteiger charge is -2.73. The minimum Gasteiger partial charge on any atom is -0.462 e. The molecule has 9 nitrogen and oxygen atoms in total. The Bertz CT molecular complexity index is 1970. The topological polar surface area (TPSA) is 122 Å². The summed E-state index contributed by atoms with van der Waals surface area (Å²) < 4.78 is 36.9. The summed E-state index contributed by atoms with van der Waals surface area (Å²) >= 11 is 0. The monoisotopic (exact) mass is 877 g/mol. The first-order valence-corrected chi connectivity index (χ1v) is 26.3. The number of allylic oxidation sites excluding steroid dienone is 1. The number of ether oxygens (including phenoxy) is 2. The molecule has 6 aliphatic carbocycles. The first-order valence-electron chi connectivity index (χ1n) is 24.4. The lowest BCUT2D eigenvalue weighted by atomic mass is 9.32. The van der Waals surface area contributed by atoms with Crippen molar-refractivity contribution in [2.75, 3.05) is 31.1 Å². The van der Waals surface area contributed by atoms with Crippen molar-refractivity contribution in [1.82, 2.24) is 10.2 Å². The van der Waals surface area contributed by atoms with Crippen LogP contribution in [0.3, 0.4) is 0 Å². The average molecular weight is 877 g/mol. The molecule has 8 rings (SSSR count). The zero-order valence-electron chi connectivity index (χ0n) is 39.6. The molecular formula is C52H80N2O7S. The lowest BCUT2D eigenvalue weighted by molar-refractivity contribution is -0.248. The van der Waals surface area contributed by atoms with Crippen LogP contribution in [-0.4, -0.2) is 85.3 Å². The maximum Gasteiger partial charge on any atom is 0.309 e. The highest BCUT2D eigenvalue weighted by molar-refractivity contribution is 7.91. The van der Waals surface area contributed by atoms with Gasteiger partial charge in [-0.05, 0) is 141 Å². The number of aliphatic hydroxyl groups excluding tert-OH is 1. The highest BCUT2D eigenvalue weighted by atomic mass is 32.2. The normalized spacial score (nSPS) is 42.7. The molecule has 1 aromatic rings. The van der Waals surface area contributed by atoms with E-state index in [1.165, 1.54) is 31.3 Å². The fourth-order valence-corrected chi connectivity index (χ4v) is 17.6. The number of hydrogen-bond acceptors (Lipinski definition) is 9. The Morgan fingerprint density at radius 1 is 0.839 bits per heavy atom. The van der Waals surface area contributed by atoms with Gasteiger partial charge in [0, 0.05) is 36.6 Å². The molecule has 1 unspecified atom stereocenters.